The predicted molar refractivity (Wildman–Crippen MR) is 274 cm³/mol. The van der Waals surface area contributed by atoms with Crippen molar-refractivity contribution < 1.29 is 28.6 Å². The molecule has 0 aliphatic heterocycles. The van der Waals surface area contributed by atoms with Crippen molar-refractivity contribution in [2.45, 2.75) is 264 Å². The average molecular weight is 893 g/mol. The van der Waals surface area contributed by atoms with Crippen molar-refractivity contribution in [3.05, 3.63) is 72.9 Å². The Kier molecular flexibility index (Phi) is 49.9. The summed E-state index contributed by atoms with van der Waals surface area (Å²) in [4.78, 5) is 38.0. The van der Waals surface area contributed by atoms with Crippen LogP contribution in [0.1, 0.15) is 258 Å². The van der Waals surface area contributed by atoms with Gasteiger partial charge in [-0.15, -0.1) is 0 Å². The lowest BCUT2D eigenvalue weighted by molar-refractivity contribution is -0.167. The van der Waals surface area contributed by atoms with E-state index in [0.717, 1.165) is 83.5 Å². The minimum atomic E-state index is -0.808. The Bertz CT molecular complexity index is 1210. The molecule has 0 rings (SSSR count). The SMILES string of the molecule is CCCCC/C=C\C/C=C\C/C=C\C/C=C\CCCC(=O)OC(COC(=O)CCCCCCC/C=C\C=C/CCCCCCCCC)COC(=O)CCCCCCCCCCCCC. The highest BCUT2D eigenvalue weighted by Gasteiger charge is 2.19. The van der Waals surface area contributed by atoms with E-state index in [-0.39, 0.29) is 37.5 Å². The summed E-state index contributed by atoms with van der Waals surface area (Å²) in [5, 5.41) is 0. The summed E-state index contributed by atoms with van der Waals surface area (Å²) in [6.07, 6.45) is 66.0. The Balaban J connectivity index is 4.47. The first-order valence-corrected chi connectivity index (χ1v) is 27.0. The number of unbranched alkanes of at least 4 members (excludes halogenated alkanes) is 26. The van der Waals surface area contributed by atoms with E-state index in [1.54, 1.807) is 0 Å². The molecule has 64 heavy (non-hydrogen) atoms. The highest BCUT2D eigenvalue weighted by molar-refractivity contribution is 5.71. The van der Waals surface area contributed by atoms with Gasteiger partial charge in [-0.3, -0.25) is 14.4 Å². The lowest BCUT2D eigenvalue weighted by Gasteiger charge is -2.18. The summed E-state index contributed by atoms with van der Waals surface area (Å²) in [6, 6.07) is 0. The van der Waals surface area contributed by atoms with Gasteiger partial charge < -0.3 is 14.2 Å². The average Bonchev–Trinajstić information content (AvgIpc) is 3.29. The first-order chi connectivity index (χ1) is 31.5. The second-order valence-electron chi connectivity index (χ2n) is 17.8. The van der Waals surface area contributed by atoms with E-state index in [2.05, 4.69) is 93.7 Å². The van der Waals surface area contributed by atoms with Crippen molar-refractivity contribution in [3.63, 3.8) is 0 Å². The molecule has 0 fully saturated rings. The van der Waals surface area contributed by atoms with Crippen LogP contribution < -0.4 is 0 Å². The maximum absolute atomic E-state index is 12.8. The van der Waals surface area contributed by atoms with Crippen molar-refractivity contribution in [2.24, 2.45) is 0 Å². The molecule has 0 aliphatic rings. The zero-order valence-electron chi connectivity index (χ0n) is 42.0. The zero-order chi connectivity index (χ0) is 46.5. The fraction of sp³-hybridized carbons (Fsp3) is 0.741. The lowest BCUT2D eigenvalue weighted by Crippen LogP contribution is -2.30. The molecule has 368 valence electrons. The fourth-order valence-corrected chi connectivity index (χ4v) is 7.37. The van der Waals surface area contributed by atoms with Gasteiger partial charge in [0.1, 0.15) is 13.2 Å². The zero-order valence-corrected chi connectivity index (χ0v) is 42.0. The van der Waals surface area contributed by atoms with Crippen LogP contribution in [0.15, 0.2) is 72.9 Å². The summed E-state index contributed by atoms with van der Waals surface area (Å²) in [6.45, 7) is 6.54. The van der Waals surface area contributed by atoms with Crippen LogP contribution in [-0.2, 0) is 28.6 Å². The third-order valence-corrected chi connectivity index (χ3v) is 11.5. The molecule has 0 heterocycles. The molecule has 0 amide bonds. The van der Waals surface area contributed by atoms with Crippen molar-refractivity contribution in [1.82, 2.24) is 0 Å². The largest absolute Gasteiger partial charge is 0.462 e. The second-order valence-corrected chi connectivity index (χ2v) is 17.8. The fourth-order valence-electron chi connectivity index (χ4n) is 7.37. The molecule has 0 N–H and O–H groups in total. The van der Waals surface area contributed by atoms with Crippen LogP contribution in [0.5, 0.6) is 0 Å². The van der Waals surface area contributed by atoms with Gasteiger partial charge >= 0.3 is 17.9 Å². The highest BCUT2D eigenvalue weighted by Crippen LogP contribution is 2.14. The number of esters is 3. The Labute approximate surface area is 395 Å². The topological polar surface area (TPSA) is 78.9 Å². The molecule has 1 atom stereocenters. The molecular weight excluding hydrogens is 793 g/mol. The van der Waals surface area contributed by atoms with Crippen LogP contribution in [0.2, 0.25) is 0 Å². The Hall–Kier alpha value is -3.15. The third-order valence-electron chi connectivity index (χ3n) is 11.5. The molecule has 0 bridgehead atoms. The minimum absolute atomic E-state index is 0.101. The third kappa shape index (κ3) is 49.9. The molecule has 0 saturated carbocycles. The van der Waals surface area contributed by atoms with Gasteiger partial charge in [0.15, 0.2) is 6.10 Å². The van der Waals surface area contributed by atoms with Crippen LogP contribution in [0.3, 0.4) is 0 Å². The van der Waals surface area contributed by atoms with Crippen molar-refractivity contribution in [2.75, 3.05) is 13.2 Å². The molecule has 0 aromatic carbocycles. The standard InChI is InChI=1S/C58H100O6/c1-4-7-10-13-16-19-22-24-26-28-30-31-33-36-39-42-45-48-51-57(60)63-54-55(53-62-56(59)50-47-44-41-38-35-21-18-15-12-9-6-3)64-58(61)52-49-46-43-40-37-34-32-29-27-25-23-20-17-14-11-8-5-2/h17,20,25-28,30-32,34,40,43,55H,4-16,18-19,21-24,29,33,35-39,41-42,44-54H2,1-3H3/b20-17-,27-25-,28-26-,31-30-,34-32-,43-40-. The van der Waals surface area contributed by atoms with Gasteiger partial charge in [-0.25, -0.2) is 0 Å². The summed E-state index contributed by atoms with van der Waals surface area (Å²) >= 11 is 0. The molecule has 6 nitrogen and oxygen atoms in total. The van der Waals surface area contributed by atoms with Gasteiger partial charge in [0.2, 0.25) is 0 Å². The number of hydrogen-bond donors (Lipinski definition) is 0. The van der Waals surface area contributed by atoms with E-state index in [1.807, 2.05) is 0 Å². The molecule has 0 aromatic heterocycles. The van der Waals surface area contributed by atoms with E-state index in [4.69, 9.17) is 14.2 Å². The van der Waals surface area contributed by atoms with Crippen LogP contribution in [0.4, 0.5) is 0 Å². The molecule has 6 heteroatoms. The second kappa shape index (κ2) is 52.5. The van der Waals surface area contributed by atoms with Crippen LogP contribution >= 0.6 is 0 Å². The summed E-state index contributed by atoms with van der Waals surface area (Å²) < 4.78 is 16.7. The highest BCUT2D eigenvalue weighted by atomic mass is 16.6. The van der Waals surface area contributed by atoms with Crippen LogP contribution in [0, 0.1) is 0 Å². The number of allylic oxidation sites excluding steroid dienone is 12. The maximum Gasteiger partial charge on any atom is 0.306 e. The molecule has 0 aromatic rings. The van der Waals surface area contributed by atoms with E-state index in [9.17, 15) is 14.4 Å². The predicted octanol–water partition coefficient (Wildman–Crippen LogP) is 17.8. The Morgan fingerprint density at radius 1 is 0.328 bits per heavy atom. The van der Waals surface area contributed by atoms with E-state index in [1.165, 1.54) is 128 Å². The molecule has 0 radical (unpaired) electrons. The monoisotopic (exact) mass is 893 g/mol. The summed E-state index contributed by atoms with van der Waals surface area (Å²) in [5.41, 5.74) is 0. The van der Waals surface area contributed by atoms with Gasteiger partial charge in [-0.1, -0.05) is 229 Å². The number of carbonyl (C=O) groups excluding carboxylic acids is 3. The number of rotatable bonds is 48. The minimum Gasteiger partial charge on any atom is -0.462 e. The van der Waals surface area contributed by atoms with E-state index in [0.29, 0.717) is 19.3 Å². The normalized spacial score (nSPS) is 12.6. The first kappa shape index (κ1) is 60.9. The van der Waals surface area contributed by atoms with Gasteiger partial charge in [-0.2, -0.15) is 0 Å². The maximum atomic E-state index is 12.8. The van der Waals surface area contributed by atoms with Gasteiger partial charge in [0, 0.05) is 19.3 Å². The molecular formula is C58H100O6. The number of ether oxygens (including phenoxy) is 3. The van der Waals surface area contributed by atoms with Gasteiger partial charge in [0.05, 0.1) is 0 Å². The van der Waals surface area contributed by atoms with Crippen molar-refractivity contribution in [3.8, 4) is 0 Å². The van der Waals surface area contributed by atoms with Gasteiger partial charge in [0.25, 0.3) is 0 Å². The lowest BCUT2D eigenvalue weighted by atomic mass is 10.1. The first-order valence-electron chi connectivity index (χ1n) is 27.0. The van der Waals surface area contributed by atoms with Gasteiger partial charge in [-0.05, 0) is 83.5 Å². The Morgan fingerprint density at radius 2 is 0.625 bits per heavy atom. The number of hydrogen-bond acceptors (Lipinski definition) is 6. The molecule has 0 aliphatic carbocycles. The number of carbonyl (C=O) groups is 3. The van der Waals surface area contributed by atoms with E-state index < -0.39 is 6.10 Å². The summed E-state index contributed by atoms with van der Waals surface area (Å²) in [5.74, 6) is -0.970. The molecule has 0 saturated heterocycles. The molecule has 0 spiro atoms. The van der Waals surface area contributed by atoms with Crippen LogP contribution in [0.25, 0.3) is 0 Å². The smallest absolute Gasteiger partial charge is 0.306 e. The molecule has 1 unspecified atom stereocenters. The van der Waals surface area contributed by atoms with Crippen LogP contribution in [-0.4, -0.2) is 37.2 Å². The van der Waals surface area contributed by atoms with Crippen molar-refractivity contribution in [1.29, 1.82) is 0 Å². The summed E-state index contributed by atoms with van der Waals surface area (Å²) in [7, 11) is 0. The quantitative estimate of drug-likeness (QED) is 0.0199. The van der Waals surface area contributed by atoms with Crippen molar-refractivity contribution >= 4 is 17.9 Å². The van der Waals surface area contributed by atoms with E-state index >= 15 is 0 Å². The Morgan fingerprint density at radius 3 is 1.05 bits per heavy atom.